The smallest absolute Gasteiger partial charge is 0.353 e. The third kappa shape index (κ3) is 3.03. The Bertz CT molecular complexity index is 647. The first-order valence-corrected chi connectivity index (χ1v) is 6.64. The van der Waals surface area contributed by atoms with Gasteiger partial charge in [0.25, 0.3) is 5.88 Å². The van der Waals surface area contributed by atoms with Crippen molar-refractivity contribution in [3.05, 3.63) is 45.6 Å². The summed E-state index contributed by atoms with van der Waals surface area (Å²) in [6.07, 6.45) is 0. The molecule has 1 heterocycles. The fourth-order valence-corrected chi connectivity index (χ4v) is 1.98. The van der Waals surface area contributed by atoms with E-state index >= 15 is 0 Å². The molecule has 2 aromatic rings. The summed E-state index contributed by atoms with van der Waals surface area (Å²) >= 11 is 0. The maximum absolute atomic E-state index is 11.2. The highest BCUT2D eigenvalue weighted by molar-refractivity contribution is 5.48. The number of nitrogens with zero attached hydrogens (tertiary/aromatic N) is 3. The molecule has 0 bridgehead atoms. The second-order valence-corrected chi connectivity index (χ2v) is 4.98. The molecule has 7 heteroatoms. The third-order valence-corrected chi connectivity index (χ3v) is 3.06. The third-order valence-electron chi connectivity index (χ3n) is 3.06. The van der Waals surface area contributed by atoms with Crippen molar-refractivity contribution >= 4 is 5.69 Å². The molecule has 0 amide bonds. The number of nitro groups is 1. The maximum Gasteiger partial charge on any atom is 0.353 e. The van der Waals surface area contributed by atoms with Crippen molar-refractivity contribution in [1.29, 1.82) is 0 Å². The molecular formula is C14H18N4O3. The molecule has 0 aliphatic carbocycles. The monoisotopic (exact) mass is 290 g/mol. The quantitative estimate of drug-likeness (QED) is 0.674. The van der Waals surface area contributed by atoms with Crippen LogP contribution in [-0.4, -0.2) is 14.7 Å². The lowest BCUT2D eigenvalue weighted by Crippen LogP contribution is -2.05. The molecular weight excluding hydrogens is 272 g/mol. The standard InChI is InChI=1S/C14H18N4O3/c1-9(2)17-14(13(18(19)20)10(3)16-17)21-12-6-4-11(8-15)5-7-12/h4-7,9H,8,15H2,1-3H3. The van der Waals surface area contributed by atoms with E-state index in [1.165, 1.54) is 4.68 Å². The van der Waals surface area contributed by atoms with Crippen LogP contribution in [0.4, 0.5) is 5.69 Å². The molecule has 0 atom stereocenters. The van der Waals surface area contributed by atoms with Crippen molar-refractivity contribution < 1.29 is 9.66 Å². The van der Waals surface area contributed by atoms with Crippen LogP contribution < -0.4 is 10.5 Å². The zero-order chi connectivity index (χ0) is 15.6. The Balaban J connectivity index is 2.43. The zero-order valence-corrected chi connectivity index (χ0v) is 12.2. The fraction of sp³-hybridized carbons (Fsp3) is 0.357. The maximum atomic E-state index is 11.2. The molecule has 1 aromatic carbocycles. The van der Waals surface area contributed by atoms with Crippen LogP contribution in [0.25, 0.3) is 0 Å². The molecule has 7 nitrogen and oxygen atoms in total. The van der Waals surface area contributed by atoms with Crippen LogP contribution in [0.1, 0.15) is 31.1 Å². The number of nitrogens with two attached hydrogens (primary N) is 1. The fourth-order valence-electron chi connectivity index (χ4n) is 1.98. The van der Waals surface area contributed by atoms with Gasteiger partial charge in [-0.2, -0.15) is 5.10 Å². The molecule has 2 rings (SSSR count). The Kier molecular flexibility index (Phi) is 4.23. The van der Waals surface area contributed by atoms with Crippen molar-refractivity contribution in [2.75, 3.05) is 0 Å². The summed E-state index contributed by atoms with van der Waals surface area (Å²) in [7, 11) is 0. The topological polar surface area (TPSA) is 96.2 Å². The van der Waals surface area contributed by atoms with Crippen molar-refractivity contribution in [3.63, 3.8) is 0 Å². The van der Waals surface area contributed by atoms with Crippen molar-refractivity contribution in [2.45, 2.75) is 33.4 Å². The summed E-state index contributed by atoms with van der Waals surface area (Å²) in [6, 6.07) is 7.07. The zero-order valence-electron chi connectivity index (χ0n) is 12.2. The Labute approximate surface area is 122 Å². The van der Waals surface area contributed by atoms with Gasteiger partial charge in [0, 0.05) is 6.54 Å². The van der Waals surface area contributed by atoms with Crippen molar-refractivity contribution in [1.82, 2.24) is 9.78 Å². The molecule has 0 aliphatic rings. The van der Waals surface area contributed by atoms with E-state index in [9.17, 15) is 10.1 Å². The number of hydrogen-bond acceptors (Lipinski definition) is 5. The van der Waals surface area contributed by atoms with Crippen LogP contribution in [0.15, 0.2) is 24.3 Å². The van der Waals surface area contributed by atoms with Crippen LogP contribution in [0.5, 0.6) is 11.6 Å². The summed E-state index contributed by atoms with van der Waals surface area (Å²) in [5, 5.41) is 15.4. The summed E-state index contributed by atoms with van der Waals surface area (Å²) in [4.78, 5) is 10.8. The van der Waals surface area contributed by atoms with Gasteiger partial charge in [-0.15, -0.1) is 0 Å². The highest BCUT2D eigenvalue weighted by Gasteiger charge is 2.28. The normalized spacial score (nSPS) is 10.9. The van der Waals surface area contributed by atoms with Gasteiger partial charge in [0.2, 0.25) is 0 Å². The molecule has 112 valence electrons. The molecule has 0 aliphatic heterocycles. The first kappa shape index (κ1) is 15.0. The molecule has 21 heavy (non-hydrogen) atoms. The van der Waals surface area contributed by atoms with Crippen LogP contribution >= 0.6 is 0 Å². The number of benzene rings is 1. The van der Waals surface area contributed by atoms with E-state index in [1.807, 2.05) is 26.0 Å². The van der Waals surface area contributed by atoms with Crippen LogP contribution in [0.2, 0.25) is 0 Å². The first-order chi connectivity index (χ1) is 9.93. The molecule has 0 spiro atoms. The summed E-state index contributed by atoms with van der Waals surface area (Å²) < 4.78 is 7.22. The van der Waals surface area contributed by atoms with Gasteiger partial charge in [-0.3, -0.25) is 10.1 Å². The number of rotatable bonds is 5. The van der Waals surface area contributed by atoms with Gasteiger partial charge in [-0.25, -0.2) is 4.68 Å². The lowest BCUT2D eigenvalue weighted by Gasteiger charge is -2.11. The molecule has 0 unspecified atom stereocenters. The van der Waals surface area contributed by atoms with E-state index < -0.39 is 4.92 Å². The number of hydrogen-bond donors (Lipinski definition) is 1. The van der Waals surface area contributed by atoms with Crippen LogP contribution in [-0.2, 0) is 6.54 Å². The van der Waals surface area contributed by atoms with Gasteiger partial charge < -0.3 is 10.5 Å². The van der Waals surface area contributed by atoms with Crippen LogP contribution in [0, 0.1) is 17.0 Å². The summed E-state index contributed by atoms with van der Waals surface area (Å²) in [5.74, 6) is 0.657. The molecule has 0 fully saturated rings. The van der Waals surface area contributed by atoms with Crippen LogP contribution in [0.3, 0.4) is 0 Å². The van der Waals surface area contributed by atoms with Crippen molar-refractivity contribution in [2.24, 2.45) is 5.73 Å². The van der Waals surface area contributed by atoms with Gasteiger partial charge in [-0.05, 0) is 38.5 Å². The van der Waals surface area contributed by atoms with Gasteiger partial charge in [0.1, 0.15) is 11.4 Å². The van der Waals surface area contributed by atoms with Crippen molar-refractivity contribution in [3.8, 4) is 11.6 Å². The van der Waals surface area contributed by atoms with E-state index in [2.05, 4.69) is 5.10 Å². The van der Waals surface area contributed by atoms with Gasteiger partial charge >= 0.3 is 5.69 Å². The van der Waals surface area contributed by atoms with E-state index in [0.717, 1.165) is 5.56 Å². The van der Waals surface area contributed by atoms with E-state index in [4.69, 9.17) is 10.5 Å². The lowest BCUT2D eigenvalue weighted by atomic mass is 10.2. The first-order valence-electron chi connectivity index (χ1n) is 6.64. The molecule has 1 aromatic heterocycles. The van der Waals surface area contributed by atoms with Gasteiger partial charge in [-0.1, -0.05) is 12.1 Å². The van der Waals surface area contributed by atoms with E-state index in [-0.39, 0.29) is 17.6 Å². The highest BCUT2D eigenvalue weighted by Crippen LogP contribution is 2.36. The minimum Gasteiger partial charge on any atom is -0.434 e. The van der Waals surface area contributed by atoms with Gasteiger partial charge in [0.05, 0.1) is 11.0 Å². The molecule has 0 saturated carbocycles. The predicted molar refractivity (Wildman–Crippen MR) is 78.4 cm³/mol. The number of aromatic nitrogens is 2. The average Bonchev–Trinajstić information content (AvgIpc) is 2.76. The SMILES string of the molecule is Cc1nn(C(C)C)c(Oc2ccc(CN)cc2)c1[N+](=O)[O-]. The number of ether oxygens (including phenoxy) is 1. The Morgan fingerprint density at radius 2 is 2.00 bits per heavy atom. The Morgan fingerprint density at radius 1 is 1.38 bits per heavy atom. The highest BCUT2D eigenvalue weighted by atomic mass is 16.6. The second kappa shape index (κ2) is 5.92. The summed E-state index contributed by atoms with van der Waals surface area (Å²) in [5.41, 5.74) is 6.73. The largest absolute Gasteiger partial charge is 0.434 e. The average molecular weight is 290 g/mol. The predicted octanol–water partition coefficient (Wildman–Crippen LogP) is 2.93. The van der Waals surface area contributed by atoms with E-state index in [1.54, 1.807) is 19.1 Å². The molecule has 0 radical (unpaired) electrons. The Morgan fingerprint density at radius 3 is 2.48 bits per heavy atom. The van der Waals surface area contributed by atoms with E-state index in [0.29, 0.717) is 18.0 Å². The number of aryl methyl sites for hydroxylation is 1. The van der Waals surface area contributed by atoms with Gasteiger partial charge in [0.15, 0.2) is 0 Å². The molecule has 2 N–H and O–H groups in total. The molecule has 0 saturated heterocycles. The summed E-state index contributed by atoms with van der Waals surface area (Å²) in [6.45, 7) is 5.81. The second-order valence-electron chi connectivity index (χ2n) is 4.98. The minimum atomic E-state index is -0.467. The minimum absolute atomic E-state index is 0.0456. The lowest BCUT2D eigenvalue weighted by molar-refractivity contribution is -0.386. The Hall–Kier alpha value is -2.41.